The standard InChI is InChI=1S/C7H17N3O2/c8-5-1-3-7(9)4-2-6-12-10-11/h7H,1-6,8-9H2. The van der Waals surface area contributed by atoms with E-state index in [1.165, 1.54) is 0 Å². The Balaban J connectivity index is 3.07. The molecular formula is C7H17N3O2. The van der Waals surface area contributed by atoms with Crippen LogP contribution in [0.4, 0.5) is 0 Å². The zero-order valence-electron chi connectivity index (χ0n) is 7.24. The summed E-state index contributed by atoms with van der Waals surface area (Å²) in [5.74, 6) is 0. The van der Waals surface area contributed by atoms with E-state index in [2.05, 4.69) is 10.2 Å². The highest BCUT2D eigenvalue weighted by atomic mass is 16.7. The fraction of sp³-hybridized carbons (Fsp3) is 1.00. The molecule has 0 rings (SSSR count). The van der Waals surface area contributed by atoms with Crippen molar-refractivity contribution in [1.82, 2.24) is 0 Å². The molecule has 0 saturated heterocycles. The summed E-state index contributed by atoms with van der Waals surface area (Å²) in [5.41, 5.74) is 11.0. The van der Waals surface area contributed by atoms with E-state index in [1.807, 2.05) is 0 Å². The molecule has 0 spiro atoms. The van der Waals surface area contributed by atoms with Gasteiger partial charge in [-0.1, -0.05) is 0 Å². The van der Waals surface area contributed by atoms with E-state index in [1.54, 1.807) is 0 Å². The lowest BCUT2D eigenvalue weighted by Gasteiger charge is -2.08. The highest BCUT2D eigenvalue weighted by Crippen LogP contribution is 2.01. The van der Waals surface area contributed by atoms with Gasteiger partial charge in [-0.25, -0.2) is 0 Å². The van der Waals surface area contributed by atoms with Gasteiger partial charge >= 0.3 is 0 Å². The molecule has 72 valence electrons. The van der Waals surface area contributed by atoms with Crippen molar-refractivity contribution >= 4 is 0 Å². The molecule has 0 aromatic carbocycles. The first-order valence-corrected chi connectivity index (χ1v) is 4.21. The van der Waals surface area contributed by atoms with Crippen LogP contribution in [-0.4, -0.2) is 19.2 Å². The lowest BCUT2D eigenvalue weighted by atomic mass is 10.1. The average molecular weight is 175 g/mol. The van der Waals surface area contributed by atoms with Crippen LogP contribution >= 0.6 is 0 Å². The van der Waals surface area contributed by atoms with E-state index in [9.17, 15) is 4.91 Å². The Labute approximate surface area is 72.4 Å². The van der Waals surface area contributed by atoms with E-state index in [0.717, 1.165) is 25.7 Å². The quantitative estimate of drug-likeness (QED) is 0.320. The summed E-state index contributed by atoms with van der Waals surface area (Å²) < 4.78 is 0. The van der Waals surface area contributed by atoms with E-state index in [-0.39, 0.29) is 6.04 Å². The van der Waals surface area contributed by atoms with Crippen LogP contribution in [0, 0.1) is 4.91 Å². The smallest absolute Gasteiger partial charge is 0.155 e. The Hall–Kier alpha value is -0.680. The van der Waals surface area contributed by atoms with Crippen LogP contribution in [0.3, 0.4) is 0 Å². The van der Waals surface area contributed by atoms with E-state index in [4.69, 9.17) is 11.5 Å². The molecule has 0 aliphatic heterocycles. The average Bonchev–Trinajstić information content (AvgIpc) is 2.09. The van der Waals surface area contributed by atoms with Gasteiger partial charge in [0.1, 0.15) is 6.61 Å². The monoisotopic (exact) mass is 175 g/mol. The summed E-state index contributed by atoms with van der Waals surface area (Å²) in [6.45, 7) is 1.04. The molecular weight excluding hydrogens is 158 g/mol. The van der Waals surface area contributed by atoms with Gasteiger partial charge in [0.2, 0.25) is 0 Å². The molecule has 0 bridgehead atoms. The van der Waals surface area contributed by atoms with Crippen LogP contribution < -0.4 is 11.5 Å². The van der Waals surface area contributed by atoms with E-state index < -0.39 is 0 Å². The minimum atomic E-state index is 0.170. The fourth-order valence-corrected chi connectivity index (χ4v) is 0.972. The van der Waals surface area contributed by atoms with Gasteiger partial charge in [-0.3, -0.25) is 0 Å². The summed E-state index contributed by atoms with van der Waals surface area (Å²) in [6, 6.07) is 0.170. The van der Waals surface area contributed by atoms with Gasteiger partial charge in [0, 0.05) is 6.04 Å². The minimum absolute atomic E-state index is 0.170. The van der Waals surface area contributed by atoms with Crippen LogP contribution in [-0.2, 0) is 4.84 Å². The molecule has 4 N–H and O–H groups in total. The maximum atomic E-state index is 9.50. The molecule has 0 saturated carbocycles. The first-order valence-electron chi connectivity index (χ1n) is 4.21. The third kappa shape index (κ3) is 7.43. The van der Waals surface area contributed by atoms with Crippen LogP contribution in [0.15, 0.2) is 5.34 Å². The molecule has 0 radical (unpaired) electrons. The molecule has 1 unspecified atom stereocenters. The third-order valence-electron chi connectivity index (χ3n) is 1.64. The SMILES string of the molecule is NCCCC(N)CCCON=O. The van der Waals surface area contributed by atoms with Gasteiger partial charge in [-0.2, -0.15) is 0 Å². The largest absolute Gasteiger partial charge is 0.364 e. The Morgan fingerprint density at radius 2 is 2.00 bits per heavy atom. The first-order chi connectivity index (χ1) is 5.81. The highest BCUT2D eigenvalue weighted by molar-refractivity contribution is 4.60. The Bertz CT molecular complexity index is 111. The van der Waals surface area contributed by atoms with Gasteiger partial charge in [0.15, 0.2) is 5.34 Å². The van der Waals surface area contributed by atoms with Crippen molar-refractivity contribution in [3.63, 3.8) is 0 Å². The second-order valence-corrected chi connectivity index (χ2v) is 2.74. The topological polar surface area (TPSA) is 90.7 Å². The third-order valence-corrected chi connectivity index (χ3v) is 1.64. The zero-order valence-corrected chi connectivity index (χ0v) is 7.24. The summed E-state index contributed by atoms with van der Waals surface area (Å²) in [7, 11) is 0. The molecule has 0 aromatic rings. The second-order valence-electron chi connectivity index (χ2n) is 2.74. The number of nitrogens with two attached hydrogens (primary N) is 2. The maximum absolute atomic E-state index is 9.50. The minimum Gasteiger partial charge on any atom is -0.364 e. The van der Waals surface area contributed by atoms with Crippen molar-refractivity contribution in [2.75, 3.05) is 13.2 Å². The van der Waals surface area contributed by atoms with Crippen molar-refractivity contribution in [2.45, 2.75) is 31.7 Å². The molecule has 5 heteroatoms. The van der Waals surface area contributed by atoms with Gasteiger partial charge < -0.3 is 16.3 Å². The molecule has 0 aliphatic rings. The normalized spacial score (nSPS) is 12.5. The molecule has 0 heterocycles. The molecule has 5 nitrogen and oxygen atoms in total. The van der Waals surface area contributed by atoms with Crippen molar-refractivity contribution in [2.24, 2.45) is 16.8 Å². The van der Waals surface area contributed by atoms with Crippen molar-refractivity contribution in [3.05, 3.63) is 4.91 Å². The van der Waals surface area contributed by atoms with Gasteiger partial charge in [-0.05, 0) is 32.2 Å². The van der Waals surface area contributed by atoms with Crippen LogP contribution in [0.1, 0.15) is 25.7 Å². The molecule has 0 amide bonds. The van der Waals surface area contributed by atoms with Gasteiger partial charge in [0.25, 0.3) is 0 Å². The number of nitrogens with zero attached hydrogens (tertiary/aromatic N) is 1. The van der Waals surface area contributed by atoms with E-state index in [0.29, 0.717) is 13.2 Å². The second kappa shape index (κ2) is 8.42. The molecule has 1 atom stereocenters. The van der Waals surface area contributed by atoms with Crippen molar-refractivity contribution in [1.29, 1.82) is 0 Å². The lowest BCUT2D eigenvalue weighted by Crippen LogP contribution is -2.21. The molecule has 0 aliphatic carbocycles. The number of rotatable bonds is 8. The fourth-order valence-electron chi connectivity index (χ4n) is 0.972. The predicted molar refractivity (Wildman–Crippen MR) is 47.2 cm³/mol. The number of hydrogen-bond acceptors (Lipinski definition) is 5. The Kier molecular flexibility index (Phi) is 7.94. The van der Waals surface area contributed by atoms with E-state index >= 15 is 0 Å². The zero-order chi connectivity index (χ0) is 9.23. The van der Waals surface area contributed by atoms with Crippen molar-refractivity contribution < 1.29 is 4.84 Å². The Morgan fingerprint density at radius 3 is 2.58 bits per heavy atom. The van der Waals surface area contributed by atoms with Gasteiger partial charge in [0.05, 0.1) is 0 Å². The summed E-state index contributed by atoms with van der Waals surface area (Å²) in [6.07, 6.45) is 3.52. The first kappa shape index (κ1) is 11.3. The molecule has 0 fully saturated rings. The summed E-state index contributed by atoms with van der Waals surface area (Å²) >= 11 is 0. The lowest BCUT2D eigenvalue weighted by molar-refractivity contribution is 0.134. The Morgan fingerprint density at radius 1 is 1.33 bits per heavy atom. The van der Waals surface area contributed by atoms with Gasteiger partial charge in [-0.15, -0.1) is 4.91 Å². The summed E-state index contributed by atoms with van der Waals surface area (Å²) in [5, 5.41) is 2.28. The van der Waals surface area contributed by atoms with Crippen LogP contribution in [0.5, 0.6) is 0 Å². The predicted octanol–water partition coefficient (Wildman–Crippen LogP) is 0.531. The maximum Gasteiger partial charge on any atom is 0.155 e. The highest BCUT2D eigenvalue weighted by Gasteiger charge is 2.01. The van der Waals surface area contributed by atoms with Crippen molar-refractivity contribution in [3.8, 4) is 0 Å². The molecule has 0 aromatic heterocycles. The van der Waals surface area contributed by atoms with Crippen LogP contribution in [0.25, 0.3) is 0 Å². The molecule has 12 heavy (non-hydrogen) atoms. The number of hydrogen-bond donors (Lipinski definition) is 2. The van der Waals surface area contributed by atoms with Crippen LogP contribution in [0.2, 0.25) is 0 Å². The summed E-state index contributed by atoms with van der Waals surface area (Å²) in [4.78, 5) is 13.8.